The molecule has 2 rings (SSSR count). The summed E-state index contributed by atoms with van der Waals surface area (Å²) >= 11 is 1.54. The first-order valence-electron chi connectivity index (χ1n) is 5.80. The molecular formula is C13H14F2N2OS. The fourth-order valence-corrected chi connectivity index (χ4v) is 2.22. The van der Waals surface area contributed by atoms with Gasteiger partial charge in [-0.3, -0.25) is 0 Å². The van der Waals surface area contributed by atoms with Crippen LogP contribution in [0.25, 0.3) is 0 Å². The molecule has 0 spiro atoms. The van der Waals surface area contributed by atoms with E-state index in [-0.39, 0.29) is 11.8 Å². The molecule has 19 heavy (non-hydrogen) atoms. The lowest BCUT2D eigenvalue weighted by molar-refractivity contribution is -0.0499. The van der Waals surface area contributed by atoms with Crippen molar-refractivity contribution in [3.63, 3.8) is 0 Å². The predicted octanol–water partition coefficient (Wildman–Crippen LogP) is 3.60. The second kappa shape index (κ2) is 6.58. The van der Waals surface area contributed by atoms with Crippen LogP contribution in [-0.2, 0) is 6.54 Å². The molecule has 0 saturated heterocycles. The summed E-state index contributed by atoms with van der Waals surface area (Å²) in [5.41, 5.74) is 3.64. The highest BCUT2D eigenvalue weighted by Gasteiger charge is 2.09. The summed E-state index contributed by atoms with van der Waals surface area (Å²) in [6, 6.07) is 6.74. The number of alkyl halides is 2. The van der Waals surface area contributed by atoms with Gasteiger partial charge in [0.15, 0.2) is 0 Å². The molecule has 1 heterocycles. The minimum Gasteiger partial charge on any atom is -0.435 e. The molecule has 6 heteroatoms. The van der Waals surface area contributed by atoms with Gasteiger partial charge in [-0.25, -0.2) is 4.98 Å². The van der Waals surface area contributed by atoms with Gasteiger partial charge in [0.05, 0.1) is 11.2 Å². The standard InChI is InChI=1S/C13H14F2N2OS/c1-9(16-6-11-7-19-8-17-11)10-3-2-4-12(5-10)18-13(14)15/h2-5,7-9,13,16H,6H2,1H3. The van der Waals surface area contributed by atoms with E-state index >= 15 is 0 Å². The Morgan fingerprint density at radius 1 is 1.42 bits per heavy atom. The number of thiazole rings is 1. The summed E-state index contributed by atoms with van der Waals surface area (Å²) in [5, 5.41) is 5.25. The van der Waals surface area contributed by atoms with Gasteiger partial charge in [-0.2, -0.15) is 8.78 Å². The van der Waals surface area contributed by atoms with Crippen LogP contribution in [0.2, 0.25) is 0 Å². The van der Waals surface area contributed by atoms with Gasteiger partial charge in [-0.1, -0.05) is 12.1 Å². The van der Waals surface area contributed by atoms with Crippen LogP contribution in [0.4, 0.5) is 8.78 Å². The number of halogens is 2. The van der Waals surface area contributed by atoms with Gasteiger partial charge < -0.3 is 10.1 Å². The Morgan fingerprint density at radius 2 is 2.26 bits per heavy atom. The van der Waals surface area contributed by atoms with E-state index in [0.717, 1.165) is 11.3 Å². The van der Waals surface area contributed by atoms with Crippen LogP contribution in [0, 0.1) is 0 Å². The third-order valence-corrected chi connectivity index (χ3v) is 3.29. The molecule has 0 aliphatic rings. The monoisotopic (exact) mass is 284 g/mol. The van der Waals surface area contributed by atoms with E-state index in [1.54, 1.807) is 29.0 Å². The molecule has 3 nitrogen and oxygen atoms in total. The number of ether oxygens (including phenoxy) is 1. The summed E-state index contributed by atoms with van der Waals surface area (Å²) in [7, 11) is 0. The van der Waals surface area contributed by atoms with Crippen molar-refractivity contribution in [3.05, 3.63) is 46.4 Å². The van der Waals surface area contributed by atoms with Gasteiger partial charge in [0.2, 0.25) is 0 Å². The minimum atomic E-state index is -2.80. The average molecular weight is 284 g/mol. The highest BCUT2D eigenvalue weighted by molar-refractivity contribution is 7.07. The van der Waals surface area contributed by atoms with E-state index in [4.69, 9.17) is 0 Å². The lowest BCUT2D eigenvalue weighted by Crippen LogP contribution is -2.18. The second-order valence-electron chi connectivity index (χ2n) is 4.03. The molecule has 0 fully saturated rings. The van der Waals surface area contributed by atoms with Crippen molar-refractivity contribution >= 4 is 11.3 Å². The average Bonchev–Trinajstić information content (AvgIpc) is 2.88. The molecule has 0 aliphatic heterocycles. The molecule has 0 amide bonds. The highest BCUT2D eigenvalue weighted by Crippen LogP contribution is 2.20. The van der Waals surface area contributed by atoms with Crippen LogP contribution < -0.4 is 10.1 Å². The van der Waals surface area contributed by atoms with Gasteiger partial charge in [0, 0.05) is 18.0 Å². The van der Waals surface area contributed by atoms with Gasteiger partial charge in [0.25, 0.3) is 0 Å². The first kappa shape index (κ1) is 13.9. The summed E-state index contributed by atoms with van der Waals surface area (Å²) in [5.74, 6) is 0.176. The molecule has 0 aliphatic carbocycles. The van der Waals surface area contributed by atoms with Crippen LogP contribution in [0.5, 0.6) is 5.75 Å². The SMILES string of the molecule is CC(NCc1cscn1)c1cccc(OC(F)F)c1. The first-order chi connectivity index (χ1) is 9.15. The lowest BCUT2D eigenvalue weighted by atomic mass is 10.1. The van der Waals surface area contributed by atoms with Gasteiger partial charge in [0.1, 0.15) is 5.75 Å². The maximum atomic E-state index is 12.1. The Kier molecular flexibility index (Phi) is 4.81. The topological polar surface area (TPSA) is 34.2 Å². The van der Waals surface area contributed by atoms with Gasteiger partial charge >= 0.3 is 6.61 Å². The number of aromatic nitrogens is 1. The molecule has 1 unspecified atom stereocenters. The van der Waals surface area contributed by atoms with Crippen LogP contribution >= 0.6 is 11.3 Å². The molecule has 102 valence electrons. The minimum absolute atomic E-state index is 0.0305. The molecular weight excluding hydrogens is 270 g/mol. The molecule has 1 aromatic carbocycles. The zero-order valence-electron chi connectivity index (χ0n) is 10.3. The van der Waals surface area contributed by atoms with E-state index in [0.29, 0.717) is 6.54 Å². The Hall–Kier alpha value is -1.53. The molecule has 0 bridgehead atoms. The Balaban J connectivity index is 1.96. The van der Waals surface area contributed by atoms with Crippen molar-refractivity contribution in [2.75, 3.05) is 0 Å². The smallest absolute Gasteiger partial charge is 0.387 e. The fourth-order valence-electron chi connectivity index (χ4n) is 1.66. The summed E-state index contributed by atoms with van der Waals surface area (Å²) in [6.07, 6.45) is 0. The Labute approximate surface area is 114 Å². The molecule has 0 saturated carbocycles. The van der Waals surface area contributed by atoms with Crippen molar-refractivity contribution in [2.45, 2.75) is 26.1 Å². The second-order valence-corrected chi connectivity index (χ2v) is 4.75. The molecule has 2 aromatic rings. The van der Waals surface area contributed by atoms with Gasteiger partial charge in [-0.05, 0) is 24.6 Å². The van der Waals surface area contributed by atoms with E-state index in [9.17, 15) is 8.78 Å². The zero-order valence-corrected chi connectivity index (χ0v) is 11.2. The van der Waals surface area contributed by atoms with Crippen molar-refractivity contribution in [1.29, 1.82) is 0 Å². The van der Waals surface area contributed by atoms with Crippen molar-refractivity contribution in [2.24, 2.45) is 0 Å². The number of hydrogen-bond donors (Lipinski definition) is 1. The Morgan fingerprint density at radius 3 is 2.95 bits per heavy atom. The maximum Gasteiger partial charge on any atom is 0.387 e. The number of benzene rings is 1. The number of nitrogens with one attached hydrogen (secondary N) is 1. The third kappa shape index (κ3) is 4.25. The zero-order chi connectivity index (χ0) is 13.7. The summed E-state index contributed by atoms with van der Waals surface area (Å²) in [6.45, 7) is -0.188. The van der Waals surface area contributed by atoms with Crippen molar-refractivity contribution in [1.82, 2.24) is 10.3 Å². The van der Waals surface area contributed by atoms with Crippen LogP contribution in [0.1, 0.15) is 24.2 Å². The highest BCUT2D eigenvalue weighted by atomic mass is 32.1. The first-order valence-corrected chi connectivity index (χ1v) is 6.74. The van der Waals surface area contributed by atoms with Crippen LogP contribution in [0.3, 0.4) is 0 Å². The molecule has 0 radical (unpaired) electrons. The van der Waals surface area contributed by atoms with E-state index in [1.807, 2.05) is 18.4 Å². The van der Waals surface area contributed by atoms with Crippen LogP contribution in [-0.4, -0.2) is 11.6 Å². The fraction of sp³-hybridized carbons (Fsp3) is 0.308. The summed E-state index contributed by atoms with van der Waals surface area (Å²) in [4.78, 5) is 4.17. The van der Waals surface area contributed by atoms with Crippen LogP contribution in [0.15, 0.2) is 35.2 Å². The third-order valence-electron chi connectivity index (χ3n) is 2.66. The normalized spacial score (nSPS) is 12.6. The lowest BCUT2D eigenvalue weighted by Gasteiger charge is -2.14. The largest absolute Gasteiger partial charge is 0.435 e. The Bertz CT molecular complexity index is 505. The molecule has 1 N–H and O–H groups in total. The maximum absolute atomic E-state index is 12.1. The predicted molar refractivity (Wildman–Crippen MR) is 70.4 cm³/mol. The summed E-state index contributed by atoms with van der Waals surface area (Å²) < 4.78 is 28.7. The number of hydrogen-bond acceptors (Lipinski definition) is 4. The van der Waals surface area contributed by atoms with E-state index in [1.165, 1.54) is 6.07 Å². The van der Waals surface area contributed by atoms with Crippen molar-refractivity contribution in [3.8, 4) is 5.75 Å². The molecule has 1 aromatic heterocycles. The van der Waals surface area contributed by atoms with Gasteiger partial charge in [-0.15, -0.1) is 11.3 Å². The quantitative estimate of drug-likeness (QED) is 0.880. The molecule has 1 atom stereocenters. The number of rotatable bonds is 6. The van der Waals surface area contributed by atoms with E-state index < -0.39 is 6.61 Å². The van der Waals surface area contributed by atoms with E-state index in [2.05, 4.69) is 15.0 Å². The van der Waals surface area contributed by atoms with Crippen molar-refractivity contribution < 1.29 is 13.5 Å². The number of nitrogens with zero attached hydrogens (tertiary/aromatic N) is 1.